The van der Waals surface area contributed by atoms with Crippen LogP contribution in [-0.4, -0.2) is 24.3 Å². The van der Waals surface area contributed by atoms with Crippen LogP contribution in [0.15, 0.2) is 33.8 Å². The van der Waals surface area contributed by atoms with Gasteiger partial charge in [0, 0.05) is 31.7 Å². The number of hydrogen-bond donors (Lipinski definition) is 2. The Kier molecular flexibility index (Phi) is 11.8. The maximum absolute atomic E-state index is 5.44. The Morgan fingerprint density at radius 1 is 1.04 bits per heavy atom. The minimum Gasteiger partial charge on any atom is -0.377 e. The zero-order chi connectivity index (χ0) is 19.5. The van der Waals surface area contributed by atoms with Crippen molar-refractivity contribution in [1.82, 2.24) is 15.8 Å². The topological polar surface area (TPSA) is 71.7 Å². The lowest BCUT2D eigenvalue weighted by Crippen LogP contribution is -2.37. The van der Waals surface area contributed by atoms with Gasteiger partial charge in [0.1, 0.15) is 5.76 Å². The van der Waals surface area contributed by atoms with E-state index in [1.807, 2.05) is 6.92 Å². The number of halogens is 1. The molecule has 0 aliphatic heterocycles. The molecule has 1 heterocycles. The van der Waals surface area contributed by atoms with E-state index in [0.717, 1.165) is 49.0 Å². The van der Waals surface area contributed by atoms with Gasteiger partial charge in [-0.2, -0.15) is 0 Å². The highest BCUT2D eigenvalue weighted by Gasteiger charge is 2.13. The first-order chi connectivity index (χ1) is 13.2. The molecule has 0 bridgehead atoms. The second-order valence-electron chi connectivity index (χ2n) is 6.24. The maximum Gasteiger partial charge on any atom is 0.191 e. The van der Waals surface area contributed by atoms with E-state index in [2.05, 4.69) is 60.8 Å². The molecular formula is C21H33IN4O2. The smallest absolute Gasteiger partial charge is 0.191 e. The lowest BCUT2D eigenvalue weighted by Gasteiger charge is -2.12. The molecule has 0 fully saturated rings. The summed E-state index contributed by atoms with van der Waals surface area (Å²) in [4.78, 5) is 4.70. The van der Waals surface area contributed by atoms with Crippen LogP contribution in [0.25, 0.3) is 0 Å². The Bertz CT molecular complexity index is 692. The summed E-state index contributed by atoms with van der Waals surface area (Å²) in [5.41, 5.74) is 4.51. The largest absolute Gasteiger partial charge is 0.377 e. The Hall–Kier alpha value is -1.61. The Balaban J connectivity index is 0.00000392. The average Bonchev–Trinajstić information content (AvgIpc) is 3.11. The van der Waals surface area contributed by atoms with Crippen LogP contribution in [0.1, 0.15) is 55.8 Å². The normalized spacial score (nSPS) is 11.2. The van der Waals surface area contributed by atoms with E-state index in [4.69, 9.17) is 14.3 Å². The van der Waals surface area contributed by atoms with Crippen LogP contribution < -0.4 is 10.6 Å². The van der Waals surface area contributed by atoms with Gasteiger partial charge in [-0.15, -0.1) is 24.0 Å². The molecule has 28 heavy (non-hydrogen) atoms. The molecule has 0 radical (unpaired) electrons. The SMILES string of the molecule is CCNC(=NCc1ccc(COCC)cc1)NCc1c(CC)noc1CC.I. The van der Waals surface area contributed by atoms with Crippen LogP contribution in [0.5, 0.6) is 0 Å². The van der Waals surface area contributed by atoms with Gasteiger partial charge in [-0.1, -0.05) is 43.3 Å². The quantitative estimate of drug-likeness (QED) is 0.291. The number of aromatic nitrogens is 1. The summed E-state index contributed by atoms with van der Waals surface area (Å²) < 4.78 is 10.9. The summed E-state index contributed by atoms with van der Waals surface area (Å²) >= 11 is 0. The Labute approximate surface area is 185 Å². The van der Waals surface area contributed by atoms with Gasteiger partial charge in [-0.25, -0.2) is 4.99 Å². The summed E-state index contributed by atoms with van der Waals surface area (Å²) in [5.74, 6) is 1.74. The molecule has 0 spiro atoms. The van der Waals surface area contributed by atoms with Crippen LogP contribution in [0.3, 0.4) is 0 Å². The van der Waals surface area contributed by atoms with E-state index in [1.165, 1.54) is 11.1 Å². The molecule has 0 saturated heterocycles. The number of ether oxygens (including phenoxy) is 1. The zero-order valence-electron chi connectivity index (χ0n) is 17.4. The molecule has 2 aromatic rings. The van der Waals surface area contributed by atoms with E-state index in [1.54, 1.807) is 0 Å². The fourth-order valence-corrected chi connectivity index (χ4v) is 2.78. The first-order valence-electron chi connectivity index (χ1n) is 9.85. The van der Waals surface area contributed by atoms with Crippen molar-refractivity contribution in [2.24, 2.45) is 4.99 Å². The Morgan fingerprint density at radius 2 is 1.75 bits per heavy atom. The van der Waals surface area contributed by atoms with Crippen LogP contribution >= 0.6 is 24.0 Å². The van der Waals surface area contributed by atoms with Gasteiger partial charge in [0.15, 0.2) is 5.96 Å². The molecule has 2 rings (SSSR count). The molecule has 2 N–H and O–H groups in total. The zero-order valence-corrected chi connectivity index (χ0v) is 19.7. The second kappa shape index (κ2) is 13.5. The Morgan fingerprint density at radius 3 is 2.36 bits per heavy atom. The minimum absolute atomic E-state index is 0. The van der Waals surface area contributed by atoms with Gasteiger partial charge in [-0.3, -0.25) is 0 Å². The summed E-state index contributed by atoms with van der Waals surface area (Å²) in [5, 5.41) is 10.9. The summed E-state index contributed by atoms with van der Waals surface area (Å²) in [7, 11) is 0. The van der Waals surface area contributed by atoms with E-state index in [-0.39, 0.29) is 24.0 Å². The van der Waals surface area contributed by atoms with Gasteiger partial charge in [0.2, 0.25) is 0 Å². The van der Waals surface area contributed by atoms with Gasteiger partial charge < -0.3 is 19.9 Å². The molecule has 0 aliphatic rings. The van der Waals surface area contributed by atoms with Gasteiger partial charge in [0.05, 0.1) is 18.8 Å². The number of benzene rings is 1. The van der Waals surface area contributed by atoms with Crippen molar-refractivity contribution in [3.8, 4) is 0 Å². The van der Waals surface area contributed by atoms with Crippen molar-refractivity contribution in [3.05, 3.63) is 52.4 Å². The molecule has 0 amide bonds. The lowest BCUT2D eigenvalue weighted by atomic mass is 10.1. The van der Waals surface area contributed by atoms with Crippen LogP contribution in [-0.2, 0) is 37.3 Å². The van der Waals surface area contributed by atoms with Crippen molar-refractivity contribution in [2.45, 2.75) is 60.2 Å². The number of aryl methyl sites for hydroxylation is 2. The number of hydrogen-bond acceptors (Lipinski definition) is 4. The highest BCUT2D eigenvalue weighted by Crippen LogP contribution is 2.15. The standard InChI is InChI=1S/C21H32N4O2.HI/c1-5-19-18(20(6-2)27-25-19)14-24-21(22-7-3)23-13-16-9-11-17(12-10-16)15-26-8-4;/h9-12H,5-8,13-15H2,1-4H3,(H2,22,23,24);1H. The second-order valence-corrected chi connectivity index (χ2v) is 6.24. The van der Waals surface area contributed by atoms with Crippen molar-refractivity contribution in [2.75, 3.05) is 13.2 Å². The molecule has 0 unspecified atom stereocenters. The summed E-state index contributed by atoms with van der Waals surface area (Å²) in [6, 6.07) is 8.40. The fourth-order valence-electron chi connectivity index (χ4n) is 2.78. The average molecular weight is 500 g/mol. The van der Waals surface area contributed by atoms with E-state index in [0.29, 0.717) is 19.7 Å². The maximum atomic E-state index is 5.44. The molecule has 0 atom stereocenters. The van der Waals surface area contributed by atoms with Gasteiger partial charge in [0.25, 0.3) is 0 Å². The van der Waals surface area contributed by atoms with Crippen molar-refractivity contribution < 1.29 is 9.26 Å². The van der Waals surface area contributed by atoms with Gasteiger partial charge >= 0.3 is 0 Å². The van der Waals surface area contributed by atoms with E-state index in [9.17, 15) is 0 Å². The van der Waals surface area contributed by atoms with E-state index >= 15 is 0 Å². The van der Waals surface area contributed by atoms with E-state index < -0.39 is 0 Å². The highest BCUT2D eigenvalue weighted by molar-refractivity contribution is 14.0. The predicted octanol–water partition coefficient (Wildman–Crippen LogP) is 4.21. The van der Waals surface area contributed by atoms with Gasteiger partial charge in [-0.05, 0) is 31.4 Å². The molecule has 1 aromatic carbocycles. The predicted molar refractivity (Wildman–Crippen MR) is 124 cm³/mol. The third-order valence-electron chi connectivity index (χ3n) is 4.30. The third-order valence-corrected chi connectivity index (χ3v) is 4.30. The molecule has 156 valence electrons. The summed E-state index contributed by atoms with van der Waals surface area (Å²) in [6.45, 7) is 11.7. The van der Waals surface area contributed by atoms with Crippen molar-refractivity contribution in [3.63, 3.8) is 0 Å². The number of nitrogens with zero attached hydrogens (tertiary/aromatic N) is 2. The summed E-state index contributed by atoms with van der Waals surface area (Å²) in [6.07, 6.45) is 1.70. The van der Waals surface area contributed by atoms with Crippen molar-refractivity contribution in [1.29, 1.82) is 0 Å². The molecule has 0 saturated carbocycles. The number of rotatable bonds is 10. The number of aliphatic imine (C=N–C) groups is 1. The first kappa shape index (κ1) is 24.4. The lowest BCUT2D eigenvalue weighted by molar-refractivity contribution is 0.134. The minimum atomic E-state index is 0. The van der Waals surface area contributed by atoms with Crippen LogP contribution in [0.2, 0.25) is 0 Å². The fraction of sp³-hybridized carbons (Fsp3) is 0.524. The molecule has 0 aliphatic carbocycles. The molecule has 6 nitrogen and oxygen atoms in total. The number of nitrogens with one attached hydrogen (secondary N) is 2. The number of guanidine groups is 1. The molecular weight excluding hydrogens is 467 g/mol. The third kappa shape index (κ3) is 7.43. The highest BCUT2D eigenvalue weighted by atomic mass is 127. The van der Waals surface area contributed by atoms with Crippen molar-refractivity contribution >= 4 is 29.9 Å². The monoisotopic (exact) mass is 500 g/mol. The molecule has 1 aromatic heterocycles. The van der Waals surface area contributed by atoms with Crippen LogP contribution in [0, 0.1) is 0 Å². The molecule has 7 heteroatoms. The van der Waals surface area contributed by atoms with Crippen LogP contribution in [0.4, 0.5) is 0 Å². The first-order valence-corrected chi connectivity index (χ1v) is 9.85.